The number of benzene rings is 3. The van der Waals surface area contributed by atoms with E-state index in [1.807, 2.05) is 85.8 Å². The van der Waals surface area contributed by atoms with Crippen LogP contribution in [0.5, 0.6) is 5.75 Å². The molecule has 0 bridgehead atoms. The highest BCUT2D eigenvalue weighted by molar-refractivity contribution is 7.98. The summed E-state index contributed by atoms with van der Waals surface area (Å²) in [6.07, 6.45) is 0. The van der Waals surface area contributed by atoms with Crippen LogP contribution < -0.4 is 10.3 Å². The Kier molecular flexibility index (Phi) is 5.64. The minimum Gasteiger partial charge on any atom is -0.494 e. The minimum absolute atomic E-state index is 0.0996. The number of rotatable bonds is 6. The van der Waals surface area contributed by atoms with Crippen LogP contribution in [-0.4, -0.2) is 25.8 Å². The number of nitrogens with zero attached hydrogens (tertiary/aromatic N) is 4. The SMILES string of the molecule is CCOc1ccccc1CSc1nnc2n(-c3cccc(C)c3C)c(=O)c3ccccc3n12. The molecule has 0 radical (unpaired) electrons. The average molecular weight is 457 g/mol. The van der Waals surface area contributed by atoms with Gasteiger partial charge in [-0.05, 0) is 56.2 Å². The van der Waals surface area contributed by atoms with Crippen molar-refractivity contribution in [3.05, 3.63) is 93.8 Å². The zero-order valence-electron chi connectivity index (χ0n) is 18.8. The van der Waals surface area contributed by atoms with E-state index in [4.69, 9.17) is 4.74 Å². The Morgan fingerprint density at radius 3 is 2.58 bits per heavy atom. The number of aromatic nitrogens is 4. The lowest BCUT2D eigenvalue weighted by Crippen LogP contribution is -2.22. The van der Waals surface area contributed by atoms with Crippen LogP contribution in [0, 0.1) is 13.8 Å². The summed E-state index contributed by atoms with van der Waals surface area (Å²) >= 11 is 1.58. The van der Waals surface area contributed by atoms with Gasteiger partial charge < -0.3 is 4.74 Å². The van der Waals surface area contributed by atoms with Crippen LogP contribution in [0.3, 0.4) is 0 Å². The van der Waals surface area contributed by atoms with Crippen LogP contribution in [0.25, 0.3) is 22.4 Å². The molecule has 0 saturated heterocycles. The largest absolute Gasteiger partial charge is 0.494 e. The van der Waals surface area contributed by atoms with Gasteiger partial charge in [-0.2, -0.15) is 0 Å². The van der Waals surface area contributed by atoms with E-state index in [1.54, 1.807) is 16.3 Å². The average Bonchev–Trinajstić information content (AvgIpc) is 3.25. The van der Waals surface area contributed by atoms with Gasteiger partial charge >= 0.3 is 0 Å². The molecule has 0 atom stereocenters. The lowest BCUT2D eigenvalue weighted by molar-refractivity contribution is 0.337. The standard InChI is InChI=1S/C26H24N4O2S/c1-4-32-23-15-8-5-11-19(23)16-33-26-28-27-25-29(21-14-9-10-17(2)18(21)3)24(31)20-12-6-7-13-22(20)30(25)26/h5-15H,4,16H2,1-3H3. The topological polar surface area (TPSA) is 61.4 Å². The predicted octanol–water partition coefficient (Wildman–Crippen LogP) is 5.34. The molecule has 166 valence electrons. The second-order valence-electron chi connectivity index (χ2n) is 7.82. The molecule has 0 fully saturated rings. The van der Waals surface area contributed by atoms with E-state index in [0.29, 0.717) is 23.5 Å². The summed E-state index contributed by atoms with van der Waals surface area (Å²) in [4.78, 5) is 13.6. The summed E-state index contributed by atoms with van der Waals surface area (Å²) in [6.45, 7) is 6.67. The smallest absolute Gasteiger partial charge is 0.267 e. The summed E-state index contributed by atoms with van der Waals surface area (Å²) in [5, 5.41) is 10.3. The summed E-state index contributed by atoms with van der Waals surface area (Å²) in [5.41, 5.74) is 4.77. The van der Waals surface area contributed by atoms with Gasteiger partial charge in [0.1, 0.15) is 5.75 Å². The maximum atomic E-state index is 13.6. The third kappa shape index (κ3) is 3.68. The number of para-hydroxylation sites is 2. The van der Waals surface area contributed by atoms with Crippen LogP contribution in [0.2, 0.25) is 0 Å². The number of hydrogen-bond donors (Lipinski definition) is 0. The summed E-state index contributed by atoms with van der Waals surface area (Å²) < 4.78 is 9.44. The van der Waals surface area contributed by atoms with E-state index >= 15 is 0 Å². The van der Waals surface area contributed by atoms with E-state index in [9.17, 15) is 4.79 Å². The van der Waals surface area contributed by atoms with Crippen molar-refractivity contribution >= 4 is 28.4 Å². The first-order valence-corrected chi connectivity index (χ1v) is 11.9. The van der Waals surface area contributed by atoms with E-state index in [-0.39, 0.29) is 5.56 Å². The molecule has 2 aromatic heterocycles. The zero-order chi connectivity index (χ0) is 22.9. The molecule has 0 spiro atoms. The van der Waals surface area contributed by atoms with Gasteiger partial charge in [0, 0.05) is 11.3 Å². The van der Waals surface area contributed by atoms with Crippen LogP contribution in [0.15, 0.2) is 76.7 Å². The lowest BCUT2D eigenvalue weighted by atomic mass is 10.1. The molecule has 0 aliphatic carbocycles. The highest BCUT2D eigenvalue weighted by atomic mass is 32.2. The van der Waals surface area contributed by atoms with Crippen molar-refractivity contribution in [2.75, 3.05) is 6.61 Å². The Morgan fingerprint density at radius 1 is 0.939 bits per heavy atom. The third-order valence-electron chi connectivity index (χ3n) is 5.84. The minimum atomic E-state index is -0.0996. The van der Waals surface area contributed by atoms with Crippen molar-refractivity contribution in [3.63, 3.8) is 0 Å². The molecule has 0 aliphatic rings. The molecule has 6 nitrogen and oxygen atoms in total. The Hall–Kier alpha value is -3.58. The van der Waals surface area contributed by atoms with Gasteiger partial charge in [-0.25, -0.2) is 4.57 Å². The van der Waals surface area contributed by atoms with E-state index < -0.39 is 0 Å². The number of aryl methyl sites for hydroxylation is 1. The van der Waals surface area contributed by atoms with Crippen molar-refractivity contribution < 1.29 is 4.74 Å². The zero-order valence-corrected chi connectivity index (χ0v) is 19.6. The first-order valence-electron chi connectivity index (χ1n) is 10.9. The first-order chi connectivity index (χ1) is 16.1. The molecule has 2 heterocycles. The molecule has 0 aliphatic heterocycles. The van der Waals surface area contributed by atoms with Crippen molar-refractivity contribution in [1.29, 1.82) is 0 Å². The summed E-state index contributed by atoms with van der Waals surface area (Å²) in [6, 6.07) is 21.6. The second kappa shape index (κ2) is 8.75. The van der Waals surface area contributed by atoms with E-state index in [1.165, 1.54) is 0 Å². The fraction of sp³-hybridized carbons (Fsp3) is 0.192. The molecule has 7 heteroatoms. The van der Waals surface area contributed by atoms with Gasteiger partial charge in [0.15, 0.2) is 5.16 Å². The third-order valence-corrected chi connectivity index (χ3v) is 6.82. The quantitative estimate of drug-likeness (QED) is 0.323. The van der Waals surface area contributed by atoms with Gasteiger partial charge in [-0.1, -0.05) is 54.2 Å². The Balaban J connectivity index is 1.70. The van der Waals surface area contributed by atoms with Crippen LogP contribution in [-0.2, 0) is 5.75 Å². The molecule has 0 saturated carbocycles. The van der Waals surface area contributed by atoms with Crippen molar-refractivity contribution in [2.24, 2.45) is 0 Å². The maximum absolute atomic E-state index is 13.6. The lowest BCUT2D eigenvalue weighted by Gasteiger charge is -2.14. The van der Waals surface area contributed by atoms with Crippen LogP contribution >= 0.6 is 11.8 Å². The monoisotopic (exact) mass is 456 g/mol. The highest BCUT2D eigenvalue weighted by Crippen LogP contribution is 2.29. The van der Waals surface area contributed by atoms with Crippen LogP contribution in [0.4, 0.5) is 0 Å². The van der Waals surface area contributed by atoms with Gasteiger partial charge in [-0.15, -0.1) is 10.2 Å². The molecule has 5 aromatic rings. The number of fused-ring (bicyclic) bond motifs is 3. The Morgan fingerprint density at radius 2 is 1.73 bits per heavy atom. The fourth-order valence-corrected chi connectivity index (χ4v) is 4.96. The molecular formula is C26H24N4O2S. The number of hydrogen-bond acceptors (Lipinski definition) is 5. The van der Waals surface area contributed by atoms with Crippen molar-refractivity contribution in [3.8, 4) is 11.4 Å². The highest BCUT2D eigenvalue weighted by Gasteiger charge is 2.19. The van der Waals surface area contributed by atoms with Gasteiger partial charge in [0.2, 0.25) is 5.78 Å². The molecule has 3 aromatic carbocycles. The Labute approximate surface area is 195 Å². The van der Waals surface area contributed by atoms with E-state index in [0.717, 1.165) is 38.8 Å². The fourth-order valence-electron chi connectivity index (χ4n) is 4.03. The van der Waals surface area contributed by atoms with Crippen LogP contribution in [0.1, 0.15) is 23.6 Å². The molecule has 0 unspecified atom stereocenters. The number of ether oxygens (including phenoxy) is 1. The van der Waals surface area contributed by atoms with E-state index in [2.05, 4.69) is 16.3 Å². The van der Waals surface area contributed by atoms with Gasteiger partial charge in [0.25, 0.3) is 5.56 Å². The molecule has 5 rings (SSSR count). The van der Waals surface area contributed by atoms with Gasteiger partial charge in [-0.3, -0.25) is 9.20 Å². The summed E-state index contributed by atoms with van der Waals surface area (Å²) in [7, 11) is 0. The molecular weight excluding hydrogens is 432 g/mol. The van der Waals surface area contributed by atoms with Crippen molar-refractivity contribution in [1.82, 2.24) is 19.2 Å². The number of thioether (sulfide) groups is 1. The maximum Gasteiger partial charge on any atom is 0.267 e. The normalized spacial score (nSPS) is 11.4. The molecule has 0 N–H and O–H groups in total. The summed E-state index contributed by atoms with van der Waals surface area (Å²) in [5.74, 6) is 2.06. The molecule has 33 heavy (non-hydrogen) atoms. The Bertz CT molecular complexity index is 1540. The van der Waals surface area contributed by atoms with Crippen molar-refractivity contribution in [2.45, 2.75) is 31.7 Å². The molecule has 0 amide bonds. The second-order valence-corrected chi connectivity index (χ2v) is 8.77. The predicted molar refractivity (Wildman–Crippen MR) is 133 cm³/mol. The first kappa shape index (κ1) is 21.3. The van der Waals surface area contributed by atoms with Gasteiger partial charge in [0.05, 0.1) is 23.2 Å².